The molecule has 0 amide bonds. The highest BCUT2D eigenvalue weighted by Gasteiger charge is 2.34. The average Bonchev–Trinajstić information content (AvgIpc) is 3.45. The van der Waals surface area contributed by atoms with Gasteiger partial charge >= 0.3 is 11.9 Å². The minimum absolute atomic E-state index is 0.171. The second-order valence-corrected chi connectivity index (χ2v) is 11.2. The smallest absolute Gasteiger partial charge is 0.338 e. The fourth-order valence-corrected chi connectivity index (χ4v) is 6.53. The number of benzene rings is 2. The Kier molecular flexibility index (Phi) is 8.59. The number of methoxy groups -OCH3 is 1. The van der Waals surface area contributed by atoms with Gasteiger partial charge in [-0.3, -0.25) is 9.36 Å². The van der Waals surface area contributed by atoms with Crippen molar-refractivity contribution in [2.24, 2.45) is 4.99 Å². The van der Waals surface area contributed by atoms with Crippen LogP contribution in [0.1, 0.15) is 59.7 Å². The number of aryl methyl sites for hydroxylation is 1. The summed E-state index contributed by atoms with van der Waals surface area (Å²) < 4.78 is 20.6. The molecular formula is C33H33N3O7S. The first kappa shape index (κ1) is 30.6. The Hall–Kier alpha value is -4.90. The third-order valence-corrected chi connectivity index (χ3v) is 8.41. The number of carbonyl (C=O) groups excluding carboxylic acids is 1. The summed E-state index contributed by atoms with van der Waals surface area (Å²) in [5.74, 6) is -0.528. The van der Waals surface area contributed by atoms with Crippen molar-refractivity contribution < 1.29 is 28.9 Å². The molecule has 11 heteroatoms. The number of carbonyl (C=O) groups is 2. The number of rotatable bonds is 9. The standard InChI is InChI=1S/C33H33N3O7S/c1-7-42-26-16-21(12-13-25(26)41-6)29-28(32(40)43-8-2)19(4)34-33-36(29)30(37)27(44-33)17-23-14-18(3)35(20(23)5)24-11-9-10-22(15-24)31(38)39/h9-17,29H,7-8H2,1-6H3,(H,38,39)/b27-17+/t29-/m1/s1. The summed E-state index contributed by atoms with van der Waals surface area (Å²) in [6.45, 7) is 9.75. The van der Waals surface area contributed by atoms with E-state index in [1.807, 2.05) is 43.5 Å². The molecule has 5 rings (SSSR count). The summed E-state index contributed by atoms with van der Waals surface area (Å²) in [7, 11) is 1.55. The predicted octanol–water partition coefficient (Wildman–Crippen LogP) is 4.31. The van der Waals surface area contributed by atoms with Gasteiger partial charge in [0.15, 0.2) is 16.3 Å². The molecule has 0 radical (unpaired) electrons. The Bertz CT molecular complexity index is 2000. The number of esters is 1. The number of carboxylic acid groups (broad SMARTS) is 1. The number of nitrogens with zero attached hydrogens (tertiary/aromatic N) is 3. The quantitative estimate of drug-likeness (QED) is 0.279. The van der Waals surface area contributed by atoms with Crippen molar-refractivity contribution >= 4 is 29.4 Å². The zero-order chi connectivity index (χ0) is 31.7. The highest BCUT2D eigenvalue weighted by molar-refractivity contribution is 7.07. The Morgan fingerprint density at radius 2 is 1.82 bits per heavy atom. The highest BCUT2D eigenvalue weighted by atomic mass is 32.1. The minimum atomic E-state index is -1.01. The van der Waals surface area contributed by atoms with Gasteiger partial charge in [-0.15, -0.1) is 0 Å². The van der Waals surface area contributed by atoms with Gasteiger partial charge in [-0.25, -0.2) is 14.6 Å². The van der Waals surface area contributed by atoms with Gasteiger partial charge in [0.05, 0.1) is 47.7 Å². The van der Waals surface area contributed by atoms with Gasteiger partial charge in [0, 0.05) is 17.1 Å². The summed E-state index contributed by atoms with van der Waals surface area (Å²) in [6, 6.07) is 13.2. The van der Waals surface area contributed by atoms with Crippen LogP contribution in [0.4, 0.5) is 0 Å². The third-order valence-electron chi connectivity index (χ3n) is 7.43. The van der Waals surface area contributed by atoms with E-state index in [4.69, 9.17) is 14.2 Å². The molecule has 2 aromatic heterocycles. The molecule has 1 N–H and O–H groups in total. The molecule has 3 heterocycles. The van der Waals surface area contributed by atoms with Crippen LogP contribution < -0.4 is 24.4 Å². The molecule has 0 unspecified atom stereocenters. The third kappa shape index (κ3) is 5.46. The lowest BCUT2D eigenvalue weighted by Gasteiger charge is -2.25. The molecule has 44 heavy (non-hydrogen) atoms. The molecule has 0 spiro atoms. The number of aromatic carboxylic acids is 1. The molecule has 1 atom stereocenters. The topological polar surface area (TPSA) is 121 Å². The Labute approximate surface area is 257 Å². The van der Waals surface area contributed by atoms with Gasteiger partial charge in [-0.05, 0) is 88.2 Å². The first-order valence-electron chi connectivity index (χ1n) is 14.1. The van der Waals surface area contributed by atoms with E-state index in [9.17, 15) is 19.5 Å². The number of fused-ring (bicyclic) bond motifs is 1. The normalized spacial score (nSPS) is 14.7. The number of carboxylic acids is 1. The number of thiazole rings is 1. The van der Waals surface area contributed by atoms with E-state index in [1.165, 1.54) is 15.9 Å². The summed E-state index contributed by atoms with van der Waals surface area (Å²) in [6.07, 6.45) is 1.81. The molecule has 0 saturated heterocycles. The summed E-state index contributed by atoms with van der Waals surface area (Å²) >= 11 is 1.23. The summed E-state index contributed by atoms with van der Waals surface area (Å²) in [4.78, 5) is 44.1. The molecule has 0 aliphatic carbocycles. The molecule has 1 aliphatic heterocycles. The maximum absolute atomic E-state index is 14.1. The van der Waals surface area contributed by atoms with E-state index >= 15 is 0 Å². The molecule has 2 aromatic carbocycles. The average molecular weight is 616 g/mol. The van der Waals surface area contributed by atoms with Gasteiger partial charge < -0.3 is 23.9 Å². The van der Waals surface area contributed by atoms with Gasteiger partial charge in [0.2, 0.25) is 0 Å². The van der Waals surface area contributed by atoms with E-state index in [2.05, 4.69) is 4.99 Å². The molecule has 0 bridgehead atoms. The second kappa shape index (κ2) is 12.4. The zero-order valence-corrected chi connectivity index (χ0v) is 26.2. The highest BCUT2D eigenvalue weighted by Crippen LogP contribution is 2.36. The van der Waals surface area contributed by atoms with E-state index in [1.54, 1.807) is 57.4 Å². The van der Waals surface area contributed by atoms with E-state index in [0.717, 1.165) is 17.0 Å². The predicted molar refractivity (Wildman–Crippen MR) is 167 cm³/mol. The van der Waals surface area contributed by atoms with Gasteiger partial charge in [0.1, 0.15) is 0 Å². The monoisotopic (exact) mass is 615 g/mol. The number of allylic oxidation sites excluding steroid dienone is 1. The van der Waals surface area contributed by atoms with Gasteiger partial charge in [0.25, 0.3) is 5.56 Å². The lowest BCUT2D eigenvalue weighted by molar-refractivity contribution is -0.139. The maximum Gasteiger partial charge on any atom is 0.338 e. The number of aromatic nitrogens is 2. The van der Waals surface area contributed by atoms with Crippen LogP contribution in [-0.4, -0.2) is 46.5 Å². The van der Waals surface area contributed by atoms with Crippen LogP contribution in [0.2, 0.25) is 0 Å². The number of hydrogen-bond acceptors (Lipinski definition) is 8. The van der Waals surface area contributed by atoms with Crippen LogP contribution in [-0.2, 0) is 9.53 Å². The van der Waals surface area contributed by atoms with Crippen molar-refractivity contribution in [3.8, 4) is 17.2 Å². The fourth-order valence-electron chi connectivity index (χ4n) is 5.49. The van der Waals surface area contributed by atoms with Crippen molar-refractivity contribution in [3.63, 3.8) is 0 Å². The van der Waals surface area contributed by atoms with E-state index < -0.39 is 18.0 Å². The first-order chi connectivity index (χ1) is 21.1. The SMILES string of the molecule is CCOC(=O)C1=C(C)N=c2s/c(=C/c3cc(C)n(-c4cccc(C(=O)O)c4)c3C)c(=O)n2[C@@H]1c1ccc(OC)c(OCC)c1. The van der Waals surface area contributed by atoms with Crippen molar-refractivity contribution in [1.82, 2.24) is 9.13 Å². The molecule has 0 saturated carbocycles. The molecule has 0 fully saturated rings. The van der Waals surface area contributed by atoms with Crippen LogP contribution >= 0.6 is 11.3 Å². The zero-order valence-electron chi connectivity index (χ0n) is 25.3. The van der Waals surface area contributed by atoms with Crippen LogP contribution in [0, 0.1) is 13.8 Å². The van der Waals surface area contributed by atoms with Crippen molar-refractivity contribution in [3.05, 3.63) is 108 Å². The van der Waals surface area contributed by atoms with Crippen LogP contribution in [0.15, 0.2) is 69.6 Å². The Balaban J connectivity index is 1.69. The Morgan fingerprint density at radius 1 is 1.05 bits per heavy atom. The van der Waals surface area contributed by atoms with Crippen molar-refractivity contribution in [2.75, 3.05) is 20.3 Å². The van der Waals surface area contributed by atoms with Crippen molar-refractivity contribution in [2.45, 2.75) is 40.7 Å². The summed E-state index contributed by atoms with van der Waals surface area (Å²) in [5.41, 5.74) is 4.49. The van der Waals surface area contributed by atoms with E-state index in [-0.39, 0.29) is 23.3 Å². The number of ether oxygens (including phenoxy) is 3. The maximum atomic E-state index is 14.1. The second-order valence-electron chi connectivity index (χ2n) is 10.2. The van der Waals surface area contributed by atoms with E-state index in [0.29, 0.717) is 44.4 Å². The number of hydrogen-bond donors (Lipinski definition) is 1. The Morgan fingerprint density at radius 3 is 2.50 bits per heavy atom. The molecular weight excluding hydrogens is 582 g/mol. The molecule has 4 aromatic rings. The van der Waals surface area contributed by atoms with Gasteiger partial charge in [-0.2, -0.15) is 0 Å². The molecule has 1 aliphatic rings. The van der Waals surface area contributed by atoms with Crippen LogP contribution in [0.5, 0.6) is 11.5 Å². The largest absolute Gasteiger partial charge is 0.493 e. The van der Waals surface area contributed by atoms with Gasteiger partial charge in [-0.1, -0.05) is 23.5 Å². The van der Waals surface area contributed by atoms with Crippen LogP contribution in [0.25, 0.3) is 11.8 Å². The lowest BCUT2D eigenvalue weighted by atomic mass is 9.95. The molecule has 10 nitrogen and oxygen atoms in total. The van der Waals surface area contributed by atoms with Crippen LogP contribution in [0.3, 0.4) is 0 Å². The molecule has 228 valence electrons. The fraction of sp³-hybridized carbons (Fsp3) is 0.273. The van der Waals surface area contributed by atoms with Crippen molar-refractivity contribution in [1.29, 1.82) is 0 Å². The first-order valence-corrected chi connectivity index (χ1v) is 14.9. The summed E-state index contributed by atoms with van der Waals surface area (Å²) in [5, 5.41) is 9.47. The minimum Gasteiger partial charge on any atom is -0.493 e. The lowest BCUT2D eigenvalue weighted by Crippen LogP contribution is -2.40.